The van der Waals surface area contributed by atoms with Crippen LogP contribution < -0.4 is 4.13 Å². The molecule has 0 saturated heterocycles. The molecule has 0 radical (unpaired) electrons. The van der Waals surface area contributed by atoms with Crippen LogP contribution in [0, 0.1) is 0 Å². The molecule has 0 fully saturated rings. The minimum absolute atomic E-state index is 0.708. The minimum atomic E-state index is -7.46. The van der Waals surface area contributed by atoms with Gasteiger partial charge in [0.1, 0.15) is 0 Å². The molecule has 22 heteroatoms. The number of nitrogens with zero attached hydrogens (tertiary/aromatic N) is 1. The van der Waals surface area contributed by atoms with E-state index in [1.54, 1.807) is 0 Å². The first kappa shape index (κ1) is 25.2. The molecule has 0 aromatic heterocycles. The molecule has 0 heterocycles. The highest BCUT2D eigenvalue weighted by atomic mass is 32.3. The number of hydrogen-bond acceptors (Lipinski definition) is 8. The summed E-state index contributed by atoms with van der Waals surface area (Å²) < 4.78 is 177. The molecule has 0 atom stereocenters. The van der Waals surface area contributed by atoms with Gasteiger partial charge in [-0.1, -0.05) is 7.84 Å². The zero-order valence-corrected chi connectivity index (χ0v) is 14.6. The van der Waals surface area contributed by atoms with Crippen LogP contribution in [0.2, 0.25) is 0 Å². The monoisotopic (exact) mass is 488 g/mol. The van der Waals surface area contributed by atoms with Gasteiger partial charge in [0, 0.05) is 7.05 Å². The SMILES string of the molecule is CN(S(=O)(=O)C(F)(F)F)S(=O)(=O)C(F)(F)S(=O)(=O)NS(=O)(=O)C(F)(F)F. The van der Waals surface area contributed by atoms with Gasteiger partial charge in [-0.3, -0.25) is 0 Å². The second kappa shape index (κ2) is 6.35. The van der Waals surface area contributed by atoms with Crippen molar-refractivity contribution in [2.45, 2.75) is 15.6 Å². The summed E-state index contributed by atoms with van der Waals surface area (Å²) in [5, 5.41) is 0. The average molecular weight is 488 g/mol. The van der Waals surface area contributed by atoms with Gasteiger partial charge in [0.25, 0.3) is 0 Å². The first-order valence-electron chi connectivity index (χ1n) is 4.88. The predicted molar refractivity (Wildman–Crippen MR) is 63.6 cm³/mol. The molecule has 0 aliphatic carbocycles. The molecule has 158 valence electrons. The molecule has 0 amide bonds. The van der Waals surface area contributed by atoms with E-state index in [-0.39, 0.29) is 0 Å². The van der Waals surface area contributed by atoms with Crippen LogP contribution >= 0.6 is 0 Å². The third-order valence-corrected chi connectivity index (χ3v) is 10.1. The number of halogens is 8. The Hall–Kier alpha value is -0.840. The van der Waals surface area contributed by atoms with Gasteiger partial charge < -0.3 is 0 Å². The second-order valence-electron chi connectivity index (χ2n) is 3.83. The van der Waals surface area contributed by atoms with E-state index in [4.69, 9.17) is 0 Å². The molecule has 1 N–H and O–H groups in total. The van der Waals surface area contributed by atoms with E-state index in [0.717, 1.165) is 0 Å². The van der Waals surface area contributed by atoms with Crippen LogP contribution in [0.15, 0.2) is 0 Å². The summed E-state index contributed by atoms with van der Waals surface area (Å²) in [6.07, 6.45) is 0. The van der Waals surface area contributed by atoms with Crippen molar-refractivity contribution in [3.8, 4) is 0 Å². The second-order valence-corrected chi connectivity index (χ2v) is 12.0. The Labute approximate surface area is 140 Å². The Morgan fingerprint density at radius 3 is 1.23 bits per heavy atom. The summed E-state index contributed by atoms with van der Waals surface area (Å²) in [5.74, 6) is 0. The maximum Gasteiger partial charge on any atom is 0.512 e. The van der Waals surface area contributed by atoms with Crippen molar-refractivity contribution in [3.05, 3.63) is 0 Å². The highest BCUT2D eigenvalue weighted by molar-refractivity contribution is 8.16. The van der Waals surface area contributed by atoms with Crippen LogP contribution in [0.25, 0.3) is 0 Å². The summed E-state index contributed by atoms with van der Waals surface area (Å²) in [6.45, 7) is 0. The van der Waals surface area contributed by atoms with Gasteiger partial charge in [-0.15, -0.1) is 0 Å². The summed E-state index contributed by atoms with van der Waals surface area (Å²) in [7, 11) is -29.9. The molecule has 0 spiro atoms. The number of hydrogen-bond donors (Lipinski definition) is 1. The Bertz CT molecular complexity index is 972. The smallest absolute Gasteiger partial charge is 0.204 e. The molecule has 0 rings (SSSR count). The first-order valence-corrected chi connectivity index (χ1v) is 10.7. The van der Waals surface area contributed by atoms with E-state index in [1.165, 1.54) is 0 Å². The third kappa shape index (κ3) is 4.02. The molecule has 0 aromatic carbocycles. The van der Waals surface area contributed by atoms with Crippen molar-refractivity contribution in [3.63, 3.8) is 0 Å². The highest BCUT2D eigenvalue weighted by Crippen LogP contribution is 2.36. The molecule has 10 nitrogen and oxygen atoms in total. The van der Waals surface area contributed by atoms with Crippen LogP contribution in [-0.4, -0.2) is 60.0 Å². The lowest BCUT2D eigenvalue weighted by molar-refractivity contribution is -0.0467. The summed E-state index contributed by atoms with van der Waals surface area (Å²) in [6, 6.07) is 0. The normalized spacial score (nSPS) is 16.1. The van der Waals surface area contributed by atoms with E-state index < -0.39 is 70.6 Å². The molecule has 0 bridgehead atoms. The standard InChI is InChI=1S/C4H4F8N2O8S4/c1-14(25(19,20)3(8,9)10)26(21,22)4(11,12)24(17,18)13-23(15,16)2(5,6)7/h13H,1H3. The van der Waals surface area contributed by atoms with Crippen LogP contribution in [0.4, 0.5) is 35.1 Å². The summed E-state index contributed by atoms with van der Waals surface area (Å²) >= 11 is 0. The Kier molecular flexibility index (Phi) is 6.15. The Morgan fingerprint density at radius 1 is 0.615 bits per heavy atom. The maximum absolute atomic E-state index is 13.5. The van der Waals surface area contributed by atoms with Crippen molar-refractivity contribution in [1.82, 2.24) is 7.84 Å². The third-order valence-electron chi connectivity index (χ3n) is 2.11. The largest absolute Gasteiger partial charge is 0.512 e. The van der Waals surface area contributed by atoms with Gasteiger partial charge >= 0.3 is 55.7 Å². The maximum atomic E-state index is 13.5. The van der Waals surface area contributed by atoms with Crippen molar-refractivity contribution < 1.29 is 68.8 Å². The van der Waals surface area contributed by atoms with Crippen LogP contribution in [-0.2, 0) is 40.1 Å². The first-order chi connectivity index (χ1) is 10.9. The highest BCUT2D eigenvalue weighted by Gasteiger charge is 2.67. The fourth-order valence-electron chi connectivity index (χ4n) is 0.803. The van der Waals surface area contributed by atoms with E-state index in [2.05, 4.69) is 0 Å². The lowest BCUT2D eigenvalue weighted by Crippen LogP contribution is -2.56. The number of sulfonamides is 4. The fourth-order valence-corrected chi connectivity index (χ4v) is 6.78. The zero-order chi connectivity index (χ0) is 21.8. The molecule has 26 heavy (non-hydrogen) atoms. The van der Waals surface area contributed by atoms with Gasteiger partial charge in [0.05, 0.1) is 0 Å². The van der Waals surface area contributed by atoms with E-state index >= 15 is 0 Å². The van der Waals surface area contributed by atoms with Crippen molar-refractivity contribution in [1.29, 1.82) is 0 Å². The van der Waals surface area contributed by atoms with Crippen molar-refractivity contribution in [2.24, 2.45) is 0 Å². The molecule has 0 aliphatic rings. The summed E-state index contributed by atoms with van der Waals surface area (Å²) in [4.78, 5) is 0. The van der Waals surface area contributed by atoms with Gasteiger partial charge in [-0.2, -0.15) is 35.1 Å². The van der Waals surface area contributed by atoms with Crippen molar-refractivity contribution >= 4 is 40.1 Å². The van der Waals surface area contributed by atoms with Crippen LogP contribution in [0.3, 0.4) is 0 Å². The van der Waals surface area contributed by atoms with Crippen LogP contribution in [0.1, 0.15) is 0 Å². The lowest BCUT2D eigenvalue weighted by atomic mass is 11.5. The quantitative estimate of drug-likeness (QED) is 0.488. The van der Waals surface area contributed by atoms with Gasteiger partial charge in [0.2, 0.25) is 0 Å². The number of nitrogens with one attached hydrogen (secondary N) is 1. The molecule has 0 saturated carbocycles. The molecular formula is C4H4F8N2O8S4. The predicted octanol–water partition coefficient (Wildman–Crippen LogP) is -0.583. The Balaban J connectivity index is 6.42. The zero-order valence-electron chi connectivity index (χ0n) is 11.4. The molecule has 0 unspecified atom stereocenters. The fraction of sp³-hybridized carbons (Fsp3) is 1.00. The Morgan fingerprint density at radius 2 is 0.962 bits per heavy atom. The average Bonchev–Trinajstić information content (AvgIpc) is 2.33. The summed E-state index contributed by atoms with van der Waals surface area (Å²) in [5.41, 5.74) is -13.1. The van der Waals surface area contributed by atoms with E-state index in [0.29, 0.717) is 0 Å². The minimum Gasteiger partial charge on any atom is -0.204 e. The van der Waals surface area contributed by atoms with E-state index in [1.807, 2.05) is 0 Å². The van der Waals surface area contributed by atoms with Crippen molar-refractivity contribution in [2.75, 3.05) is 7.05 Å². The van der Waals surface area contributed by atoms with Crippen LogP contribution in [0.5, 0.6) is 0 Å². The van der Waals surface area contributed by atoms with Gasteiger partial charge in [-0.05, 0) is 0 Å². The number of rotatable bonds is 6. The number of alkyl halides is 8. The molecular weight excluding hydrogens is 484 g/mol. The topological polar surface area (TPSA) is 152 Å². The van der Waals surface area contributed by atoms with E-state index in [9.17, 15) is 68.8 Å². The lowest BCUT2D eigenvalue weighted by Gasteiger charge is -2.24. The van der Waals surface area contributed by atoms with Gasteiger partial charge in [0.15, 0.2) is 0 Å². The molecule has 0 aliphatic heterocycles. The molecule has 0 aromatic rings. The van der Waals surface area contributed by atoms with Gasteiger partial charge in [-0.25, -0.2) is 33.7 Å².